The fourth-order valence-electron chi connectivity index (χ4n) is 2.06. The summed E-state index contributed by atoms with van der Waals surface area (Å²) in [5.41, 5.74) is 0. The highest BCUT2D eigenvalue weighted by molar-refractivity contribution is 5.73. The molecule has 1 rings (SSSR count). The first-order chi connectivity index (χ1) is 7.97. The van der Waals surface area contributed by atoms with Crippen LogP contribution in [-0.2, 0) is 9.53 Å². The Morgan fingerprint density at radius 2 is 2.18 bits per heavy atom. The van der Waals surface area contributed by atoms with Gasteiger partial charge in [0, 0.05) is 12.6 Å². The van der Waals surface area contributed by atoms with Crippen LogP contribution in [0.15, 0.2) is 12.7 Å². The fraction of sp³-hybridized carbons (Fsp3) is 0.667. The van der Waals surface area contributed by atoms with Gasteiger partial charge in [-0.15, -0.1) is 0 Å². The first kappa shape index (κ1) is 13.5. The SMILES string of the molecule is C=CCOC(=O)N1C[C@@H](C(=O)O)C[C@@H](C)[C@H]1C. The van der Waals surface area contributed by atoms with E-state index < -0.39 is 18.0 Å². The van der Waals surface area contributed by atoms with Crippen molar-refractivity contribution in [1.29, 1.82) is 0 Å². The third kappa shape index (κ3) is 3.22. The molecule has 0 aliphatic carbocycles. The van der Waals surface area contributed by atoms with Gasteiger partial charge in [0.25, 0.3) is 0 Å². The lowest BCUT2D eigenvalue weighted by atomic mass is 9.85. The number of aliphatic carboxylic acids is 1. The lowest BCUT2D eigenvalue weighted by molar-refractivity contribution is -0.144. The lowest BCUT2D eigenvalue weighted by Gasteiger charge is -2.39. The van der Waals surface area contributed by atoms with Crippen LogP contribution in [0.5, 0.6) is 0 Å². The zero-order chi connectivity index (χ0) is 13.0. The van der Waals surface area contributed by atoms with Crippen molar-refractivity contribution in [3.05, 3.63) is 12.7 Å². The molecule has 0 aromatic carbocycles. The van der Waals surface area contributed by atoms with Gasteiger partial charge >= 0.3 is 12.1 Å². The molecule has 1 fully saturated rings. The molecule has 3 atom stereocenters. The monoisotopic (exact) mass is 241 g/mol. The first-order valence-corrected chi connectivity index (χ1v) is 5.74. The number of hydrogen-bond donors (Lipinski definition) is 1. The summed E-state index contributed by atoms with van der Waals surface area (Å²) in [6.45, 7) is 7.70. The summed E-state index contributed by atoms with van der Waals surface area (Å²) in [7, 11) is 0. The molecular formula is C12H19NO4. The Morgan fingerprint density at radius 3 is 2.71 bits per heavy atom. The zero-order valence-electron chi connectivity index (χ0n) is 10.3. The average Bonchev–Trinajstić information content (AvgIpc) is 2.29. The maximum atomic E-state index is 11.7. The number of hydrogen-bond acceptors (Lipinski definition) is 3. The molecular weight excluding hydrogens is 222 g/mol. The number of amides is 1. The summed E-state index contributed by atoms with van der Waals surface area (Å²) >= 11 is 0. The van der Waals surface area contributed by atoms with Gasteiger partial charge in [-0.05, 0) is 19.3 Å². The molecule has 0 saturated carbocycles. The van der Waals surface area contributed by atoms with E-state index in [1.165, 1.54) is 11.0 Å². The fourth-order valence-corrected chi connectivity index (χ4v) is 2.06. The van der Waals surface area contributed by atoms with Crippen LogP contribution < -0.4 is 0 Å². The van der Waals surface area contributed by atoms with Crippen molar-refractivity contribution in [3.8, 4) is 0 Å². The normalized spacial score (nSPS) is 28.6. The predicted molar refractivity (Wildman–Crippen MR) is 62.6 cm³/mol. The van der Waals surface area contributed by atoms with Gasteiger partial charge in [0.15, 0.2) is 0 Å². The molecule has 0 unspecified atom stereocenters. The second-order valence-electron chi connectivity index (χ2n) is 4.51. The van der Waals surface area contributed by atoms with Gasteiger partial charge in [-0.1, -0.05) is 19.6 Å². The number of carboxylic acid groups (broad SMARTS) is 1. The second-order valence-corrected chi connectivity index (χ2v) is 4.51. The smallest absolute Gasteiger partial charge is 0.410 e. The van der Waals surface area contributed by atoms with Crippen LogP contribution in [0.25, 0.3) is 0 Å². The molecule has 96 valence electrons. The van der Waals surface area contributed by atoms with Crippen LogP contribution in [0.4, 0.5) is 4.79 Å². The van der Waals surface area contributed by atoms with Crippen molar-refractivity contribution < 1.29 is 19.4 Å². The van der Waals surface area contributed by atoms with E-state index in [4.69, 9.17) is 9.84 Å². The highest BCUT2D eigenvalue weighted by Gasteiger charge is 2.37. The zero-order valence-corrected chi connectivity index (χ0v) is 10.3. The molecule has 5 heteroatoms. The number of rotatable bonds is 3. The van der Waals surface area contributed by atoms with Gasteiger partial charge in [-0.2, -0.15) is 0 Å². The molecule has 0 spiro atoms. The van der Waals surface area contributed by atoms with Crippen molar-refractivity contribution in [3.63, 3.8) is 0 Å². The summed E-state index contributed by atoms with van der Waals surface area (Å²) in [4.78, 5) is 24.2. The predicted octanol–water partition coefficient (Wildman–Crippen LogP) is 1.74. The number of carboxylic acids is 1. The van der Waals surface area contributed by atoms with Crippen molar-refractivity contribution in [2.45, 2.75) is 26.3 Å². The van der Waals surface area contributed by atoms with Gasteiger partial charge in [-0.25, -0.2) is 4.79 Å². The van der Waals surface area contributed by atoms with Crippen LogP contribution >= 0.6 is 0 Å². The van der Waals surface area contributed by atoms with E-state index in [1.54, 1.807) is 0 Å². The third-order valence-corrected chi connectivity index (χ3v) is 3.30. The Balaban J connectivity index is 2.70. The highest BCUT2D eigenvalue weighted by atomic mass is 16.6. The van der Waals surface area contributed by atoms with Gasteiger partial charge in [0.05, 0.1) is 5.92 Å². The maximum Gasteiger partial charge on any atom is 0.410 e. The van der Waals surface area contributed by atoms with Crippen molar-refractivity contribution >= 4 is 12.1 Å². The van der Waals surface area contributed by atoms with E-state index in [9.17, 15) is 9.59 Å². The Morgan fingerprint density at radius 1 is 1.53 bits per heavy atom. The minimum Gasteiger partial charge on any atom is -0.481 e. The summed E-state index contributed by atoms with van der Waals surface area (Å²) in [5, 5.41) is 9.02. The van der Waals surface area contributed by atoms with Crippen molar-refractivity contribution in [1.82, 2.24) is 4.90 Å². The Labute approximate surface area is 101 Å². The number of likely N-dealkylation sites (tertiary alicyclic amines) is 1. The van der Waals surface area contributed by atoms with Gasteiger partial charge < -0.3 is 14.7 Å². The number of carbonyl (C=O) groups excluding carboxylic acids is 1. The van der Waals surface area contributed by atoms with Crippen LogP contribution in [0.1, 0.15) is 20.3 Å². The second kappa shape index (κ2) is 5.70. The van der Waals surface area contributed by atoms with Gasteiger partial charge in [-0.3, -0.25) is 4.79 Å². The molecule has 0 bridgehead atoms. The van der Waals surface area contributed by atoms with Crippen LogP contribution in [0.3, 0.4) is 0 Å². The molecule has 1 saturated heterocycles. The Bertz CT molecular complexity index is 316. The van der Waals surface area contributed by atoms with E-state index in [2.05, 4.69) is 6.58 Å². The molecule has 1 aliphatic heterocycles. The Hall–Kier alpha value is -1.52. The summed E-state index contributed by atoms with van der Waals surface area (Å²) in [5.74, 6) is -1.20. The summed E-state index contributed by atoms with van der Waals surface area (Å²) < 4.78 is 4.95. The molecule has 0 radical (unpaired) electrons. The molecule has 1 amide bonds. The maximum absolute atomic E-state index is 11.7. The molecule has 1 heterocycles. The molecule has 1 N–H and O–H groups in total. The number of nitrogens with zero attached hydrogens (tertiary/aromatic N) is 1. The van der Waals surface area contributed by atoms with E-state index >= 15 is 0 Å². The quantitative estimate of drug-likeness (QED) is 0.764. The van der Waals surface area contributed by atoms with Crippen LogP contribution in [-0.4, -0.2) is 41.3 Å². The number of carbonyl (C=O) groups is 2. The molecule has 17 heavy (non-hydrogen) atoms. The van der Waals surface area contributed by atoms with Crippen molar-refractivity contribution in [2.75, 3.05) is 13.2 Å². The standard InChI is InChI=1S/C12H19NO4/c1-4-5-17-12(16)13-7-10(11(14)15)6-8(2)9(13)3/h4,8-10H,1,5-7H2,2-3H3,(H,14,15)/t8-,9-,10+/m1/s1. The largest absolute Gasteiger partial charge is 0.481 e. The minimum absolute atomic E-state index is 0.00270. The topological polar surface area (TPSA) is 66.8 Å². The highest BCUT2D eigenvalue weighted by Crippen LogP contribution is 2.27. The minimum atomic E-state index is -0.856. The molecule has 5 nitrogen and oxygen atoms in total. The van der Waals surface area contributed by atoms with Crippen LogP contribution in [0, 0.1) is 11.8 Å². The third-order valence-electron chi connectivity index (χ3n) is 3.30. The number of piperidine rings is 1. The van der Waals surface area contributed by atoms with Gasteiger partial charge in [0.1, 0.15) is 6.61 Å². The lowest BCUT2D eigenvalue weighted by Crippen LogP contribution is -2.51. The van der Waals surface area contributed by atoms with Crippen LogP contribution in [0.2, 0.25) is 0 Å². The summed E-state index contributed by atoms with van der Waals surface area (Å²) in [6.07, 6.45) is 1.63. The molecule has 0 aromatic heterocycles. The summed E-state index contributed by atoms with van der Waals surface area (Å²) in [6, 6.07) is 0.00270. The molecule has 1 aliphatic rings. The number of ether oxygens (including phenoxy) is 1. The van der Waals surface area contributed by atoms with E-state index in [-0.39, 0.29) is 25.1 Å². The molecule has 0 aromatic rings. The van der Waals surface area contributed by atoms with E-state index in [1.807, 2.05) is 13.8 Å². The van der Waals surface area contributed by atoms with E-state index in [0.717, 1.165) is 0 Å². The van der Waals surface area contributed by atoms with Gasteiger partial charge in [0.2, 0.25) is 0 Å². The van der Waals surface area contributed by atoms with Crippen molar-refractivity contribution in [2.24, 2.45) is 11.8 Å². The van der Waals surface area contributed by atoms with E-state index in [0.29, 0.717) is 6.42 Å². The first-order valence-electron chi connectivity index (χ1n) is 5.74. The average molecular weight is 241 g/mol. The Kier molecular flexibility index (Phi) is 4.54.